The smallest absolute Gasteiger partial charge is 0.133 e. The van der Waals surface area contributed by atoms with Crippen molar-refractivity contribution >= 4 is 60.1 Å². The number of hydrogen-bond donors (Lipinski definition) is 1. The fourth-order valence-electron chi connectivity index (χ4n) is 5.97. The molecule has 200 valence electrons. The van der Waals surface area contributed by atoms with Crippen LogP contribution in [0.2, 0.25) is 0 Å². The molecule has 0 saturated carbocycles. The van der Waals surface area contributed by atoms with E-state index in [0.29, 0.717) is 0 Å². The molecule has 1 N–H and O–H groups in total. The lowest BCUT2D eigenvalue weighted by Crippen LogP contribution is -2.22. The Morgan fingerprint density at radius 2 is 1.26 bits per heavy atom. The molecule has 4 heteroatoms. The molecule has 0 spiro atoms. The summed E-state index contributed by atoms with van der Waals surface area (Å²) in [5, 5.41) is 6.14. The molecule has 0 radical (unpaired) electrons. The lowest BCUT2D eigenvalue weighted by atomic mass is 9.95. The number of nitrogens with zero attached hydrogens (tertiary/aromatic N) is 2. The van der Waals surface area contributed by atoms with Gasteiger partial charge in [-0.1, -0.05) is 91.0 Å². The number of rotatable bonds is 5. The maximum atomic E-state index is 5.29. The minimum atomic E-state index is -0.0595. The number of hydrogen-bond acceptors (Lipinski definition) is 4. The van der Waals surface area contributed by atoms with Crippen molar-refractivity contribution in [3.8, 4) is 0 Å². The zero-order chi connectivity index (χ0) is 27.9. The molecule has 0 amide bonds. The van der Waals surface area contributed by atoms with Crippen molar-refractivity contribution in [2.24, 2.45) is 4.99 Å². The molecule has 1 atom stereocenters. The zero-order valence-electron chi connectivity index (χ0n) is 22.8. The minimum Gasteiger partial charge on any atom is -0.340 e. The number of nitrogens with one attached hydrogen (secondary N) is 1. The molecule has 1 aliphatic heterocycles. The van der Waals surface area contributed by atoms with Gasteiger partial charge in [-0.25, -0.2) is 0 Å². The van der Waals surface area contributed by atoms with Crippen LogP contribution in [0.15, 0.2) is 157 Å². The molecule has 1 unspecified atom stereocenters. The molecule has 8 rings (SSSR count). The van der Waals surface area contributed by atoms with E-state index in [1.54, 1.807) is 0 Å². The first-order chi connectivity index (χ1) is 20.8. The van der Waals surface area contributed by atoms with Crippen LogP contribution in [0.5, 0.6) is 0 Å². The average molecular weight is 558 g/mol. The van der Waals surface area contributed by atoms with Crippen molar-refractivity contribution in [3.63, 3.8) is 0 Å². The Balaban J connectivity index is 1.32. The van der Waals surface area contributed by atoms with E-state index in [0.717, 1.165) is 28.5 Å². The summed E-state index contributed by atoms with van der Waals surface area (Å²) in [4.78, 5) is 7.65. The summed E-state index contributed by atoms with van der Waals surface area (Å²) < 4.78 is 2.53. The highest BCUT2D eigenvalue weighted by Crippen LogP contribution is 2.45. The first-order valence-electron chi connectivity index (χ1n) is 14.2. The van der Waals surface area contributed by atoms with E-state index >= 15 is 0 Å². The number of fused-ring (bicyclic) bond motifs is 4. The number of aliphatic imine (C=N–C) groups is 1. The molecular formula is C38H27N3S. The van der Waals surface area contributed by atoms with Gasteiger partial charge in [0.25, 0.3) is 0 Å². The Hall–Kier alpha value is -5.19. The molecule has 42 heavy (non-hydrogen) atoms. The lowest BCUT2D eigenvalue weighted by molar-refractivity contribution is 0.863. The van der Waals surface area contributed by atoms with E-state index in [4.69, 9.17) is 4.99 Å². The van der Waals surface area contributed by atoms with Crippen LogP contribution >= 0.6 is 11.3 Å². The summed E-state index contributed by atoms with van der Waals surface area (Å²) in [5.41, 5.74) is 8.00. The van der Waals surface area contributed by atoms with Gasteiger partial charge in [-0.15, -0.1) is 11.3 Å². The molecule has 1 aromatic heterocycles. The SMILES string of the molecule is c1ccc(C2N=C(c3ccc4sc5cccc(N(c6ccccc6)c6ccccc6)c5c4c3)Nc3ccccc32)cc1. The van der Waals surface area contributed by atoms with Crippen molar-refractivity contribution < 1.29 is 0 Å². The van der Waals surface area contributed by atoms with Gasteiger partial charge in [0.05, 0.1) is 5.69 Å². The van der Waals surface area contributed by atoms with Gasteiger partial charge in [0, 0.05) is 48.4 Å². The van der Waals surface area contributed by atoms with Gasteiger partial charge in [-0.3, -0.25) is 4.99 Å². The molecule has 7 aromatic rings. The number of para-hydroxylation sites is 3. The van der Waals surface area contributed by atoms with Crippen LogP contribution in [0.3, 0.4) is 0 Å². The van der Waals surface area contributed by atoms with Crippen LogP contribution in [0.1, 0.15) is 22.7 Å². The summed E-state index contributed by atoms with van der Waals surface area (Å²) >= 11 is 1.84. The second kappa shape index (κ2) is 10.3. The fourth-order valence-corrected chi connectivity index (χ4v) is 7.07. The average Bonchev–Trinajstić information content (AvgIpc) is 3.44. The molecule has 2 heterocycles. The number of anilines is 4. The largest absolute Gasteiger partial charge is 0.340 e. The first-order valence-corrected chi connectivity index (χ1v) is 15.0. The van der Waals surface area contributed by atoms with Crippen molar-refractivity contribution in [1.82, 2.24) is 0 Å². The molecule has 0 fully saturated rings. The first kappa shape index (κ1) is 24.6. The molecular weight excluding hydrogens is 531 g/mol. The number of thiophene rings is 1. The normalized spacial score (nSPS) is 14.3. The van der Waals surface area contributed by atoms with E-state index in [9.17, 15) is 0 Å². The van der Waals surface area contributed by atoms with Crippen LogP contribution < -0.4 is 10.2 Å². The Bertz CT molecular complexity index is 2030. The molecule has 3 nitrogen and oxygen atoms in total. The van der Waals surface area contributed by atoms with E-state index in [2.05, 4.69) is 162 Å². The quantitative estimate of drug-likeness (QED) is 0.228. The van der Waals surface area contributed by atoms with Gasteiger partial charge in [-0.2, -0.15) is 0 Å². The van der Waals surface area contributed by atoms with E-state index < -0.39 is 0 Å². The van der Waals surface area contributed by atoms with Crippen molar-refractivity contribution in [2.75, 3.05) is 10.2 Å². The van der Waals surface area contributed by atoms with Gasteiger partial charge in [0.2, 0.25) is 0 Å². The van der Waals surface area contributed by atoms with Crippen molar-refractivity contribution in [2.45, 2.75) is 6.04 Å². The maximum Gasteiger partial charge on any atom is 0.133 e. The zero-order valence-corrected chi connectivity index (χ0v) is 23.6. The second-order valence-corrected chi connectivity index (χ2v) is 11.6. The Kier molecular flexibility index (Phi) is 6.05. The number of amidine groups is 1. The maximum absolute atomic E-state index is 5.29. The van der Waals surface area contributed by atoms with Crippen LogP contribution in [-0.2, 0) is 0 Å². The highest BCUT2D eigenvalue weighted by molar-refractivity contribution is 7.26. The topological polar surface area (TPSA) is 27.6 Å². The van der Waals surface area contributed by atoms with Crippen LogP contribution in [0.25, 0.3) is 20.2 Å². The van der Waals surface area contributed by atoms with Gasteiger partial charge >= 0.3 is 0 Å². The summed E-state index contributed by atoms with van der Waals surface area (Å²) in [6.07, 6.45) is 0. The van der Waals surface area contributed by atoms with Crippen molar-refractivity contribution in [1.29, 1.82) is 0 Å². The van der Waals surface area contributed by atoms with Gasteiger partial charge in [-0.05, 0) is 66.2 Å². The lowest BCUT2D eigenvalue weighted by Gasteiger charge is -2.26. The van der Waals surface area contributed by atoms with Crippen LogP contribution in [0.4, 0.5) is 22.7 Å². The van der Waals surface area contributed by atoms with Crippen LogP contribution in [-0.4, -0.2) is 5.84 Å². The third kappa shape index (κ3) is 4.25. The highest BCUT2D eigenvalue weighted by atomic mass is 32.1. The minimum absolute atomic E-state index is 0.0595. The third-order valence-corrected chi connectivity index (χ3v) is 9.03. The summed E-state index contributed by atoms with van der Waals surface area (Å²) in [6.45, 7) is 0. The Morgan fingerprint density at radius 1 is 0.595 bits per heavy atom. The standard InChI is InChI=1S/C38H27N3S/c1-4-13-26(14-5-1)37-30-19-10-11-20-32(30)39-38(40-37)27-23-24-34-31(25-27)36-33(21-12-22-35(36)42-34)41(28-15-6-2-7-16-28)29-17-8-3-9-18-29/h1-25,37H,(H,39,40). The molecule has 6 aromatic carbocycles. The third-order valence-electron chi connectivity index (χ3n) is 7.90. The fraction of sp³-hybridized carbons (Fsp3) is 0.0263. The van der Waals surface area contributed by atoms with Crippen LogP contribution in [0, 0.1) is 0 Å². The predicted molar refractivity (Wildman–Crippen MR) is 179 cm³/mol. The van der Waals surface area contributed by atoms with Gasteiger partial charge in [0.15, 0.2) is 0 Å². The van der Waals surface area contributed by atoms with Gasteiger partial charge < -0.3 is 10.2 Å². The highest BCUT2D eigenvalue weighted by Gasteiger charge is 2.24. The monoisotopic (exact) mass is 557 g/mol. The Morgan fingerprint density at radius 3 is 2.00 bits per heavy atom. The summed E-state index contributed by atoms with van der Waals surface area (Å²) in [6, 6.07) is 53.6. The summed E-state index contributed by atoms with van der Waals surface area (Å²) in [5.74, 6) is 0.893. The van der Waals surface area contributed by atoms with E-state index in [1.165, 1.54) is 37.0 Å². The summed E-state index contributed by atoms with van der Waals surface area (Å²) in [7, 11) is 0. The van der Waals surface area contributed by atoms with E-state index in [-0.39, 0.29) is 6.04 Å². The molecule has 0 saturated heterocycles. The van der Waals surface area contributed by atoms with Crippen molar-refractivity contribution in [3.05, 3.63) is 168 Å². The van der Waals surface area contributed by atoms with Gasteiger partial charge in [0.1, 0.15) is 11.9 Å². The van der Waals surface area contributed by atoms with E-state index in [1.807, 2.05) is 11.3 Å². The molecule has 1 aliphatic rings. The Labute approximate surface area is 249 Å². The molecule has 0 aliphatic carbocycles. The second-order valence-electron chi connectivity index (χ2n) is 10.5. The predicted octanol–water partition coefficient (Wildman–Crippen LogP) is 10.5. The molecule has 0 bridgehead atoms. The number of benzene rings is 6.